The fraction of sp³-hybridized carbons (Fsp3) is 0.923. The number of hydrogen-bond donors (Lipinski definition) is 0. The summed E-state index contributed by atoms with van der Waals surface area (Å²) in [5.41, 5.74) is 0. The summed E-state index contributed by atoms with van der Waals surface area (Å²) in [6.07, 6.45) is 0. The van der Waals surface area contributed by atoms with Crippen LogP contribution in [-0.4, -0.2) is 60.4 Å². The van der Waals surface area contributed by atoms with Gasteiger partial charge in [0, 0.05) is 0 Å². The molecular formula is C13H22ClNO5. The SMILES string of the molecule is CC1(C)OCC(N(C(=O)Cl)C2COC(C)(C)OC2)CO1. The Bertz CT molecular complexity index is 326. The fourth-order valence-corrected chi connectivity index (χ4v) is 2.55. The van der Waals surface area contributed by atoms with Gasteiger partial charge in [-0.1, -0.05) is 0 Å². The molecule has 116 valence electrons. The largest absolute Gasteiger partial charge is 0.348 e. The van der Waals surface area contributed by atoms with Gasteiger partial charge < -0.3 is 23.8 Å². The summed E-state index contributed by atoms with van der Waals surface area (Å²) in [7, 11) is 0. The molecule has 0 bridgehead atoms. The molecule has 2 aliphatic heterocycles. The molecule has 7 heteroatoms. The van der Waals surface area contributed by atoms with E-state index < -0.39 is 16.9 Å². The van der Waals surface area contributed by atoms with Gasteiger partial charge in [0.05, 0.1) is 38.5 Å². The number of amides is 1. The van der Waals surface area contributed by atoms with Gasteiger partial charge in [-0.3, -0.25) is 4.79 Å². The van der Waals surface area contributed by atoms with Gasteiger partial charge in [0.1, 0.15) is 0 Å². The molecule has 0 radical (unpaired) electrons. The van der Waals surface area contributed by atoms with E-state index >= 15 is 0 Å². The highest BCUT2D eigenvalue weighted by Crippen LogP contribution is 2.26. The summed E-state index contributed by atoms with van der Waals surface area (Å²) in [6, 6.07) is -0.460. The van der Waals surface area contributed by atoms with Gasteiger partial charge in [0.15, 0.2) is 11.6 Å². The van der Waals surface area contributed by atoms with Crippen LogP contribution in [0.3, 0.4) is 0 Å². The van der Waals surface area contributed by atoms with Gasteiger partial charge in [0.2, 0.25) is 0 Å². The Labute approximate surface area is 124 Å². The third kappa shape index (κ3) is 3.83. The standard InChI is InChI=1S/C13H22ClNO5/c1-12(2)17-5-9(6-18-12)15(11(14)16)10-7-19-13(3,4)20-8-10/h9-10H,5-8H2,1-4H3. The highest BCUT2D eigenvalue weighted by atomic mass is 35.5. The highest BCUT2D eigenvalue weighted by Gasteiger charge is 2.40. The van der Waals surface area contributed by atoms with Crippen molar-refractivity contribution in [1.29, 1.82) is 0 Å². The van der Waals surface area contributed by atoms with Crippen LogP contribution in [0.1, 0.15) is 27.7 Å². The third-order valence-electron chi connectivity index (χ3n) is 3.48. The zero-order valence-electron chi connectivity index (χ0n) is 12.3. The molecule has 2 heterocycles. The minimum Gasteiger partial charge on any atom is -0.348 e. The van der Waals surface area contributed by atoms with E-state index in [0.717, 1.165) is 0 Å². The maximum Gasteiger partial charge on any atom is 0.317 e. The highest BCUT2D eigenvalue weighted by molar-refractivity contribution is 6.62. The topological polar surface area (TPSA) is 57.2 Å². The van der Waals surface area contributed by atoms with Crippen molar-refractivity contribution in [3.05, 3.63) is 0 Å². The van der Waals surface area contributed by atoms with Crippen LogP contribution in [-0.2, 0) is 18.9 Å². The Morgan fingerprint density at radius 3 is 1.45 bits per heavy atom. The van der Waals surface area contributed by atoms with Crippen molar-refractivity contribution in [2.75, 3.05) is 26.4 Å². The van der Waals surface area contributed by atoms with Crippen LogP contribution < -0.4 is 0 Å². The molecule has 0 aromatic heterocycles. The van der Waals surface area contributed by atoms with Crippen LogP contribution in [0, 0.1) is 0 Å². The first-order valence-electron chi connectivity index (χ1n) is 6.74. The Morgan fingerprint density at radius 1 is 0.900 bits per heavy atom. The van der Waals surface area contributed by atoms with Gasteiger partial charge in [-0.15, -0.1) is 0 Å². The van der Waals surface area contributed by atoms with E-state index in [0.29, 0.717) is 26.4 Å². The summed E-state index contributed by atoms with van der Waals surface area (Å²) in [4.78, 5) is 13.3. The zero-order valence-corrected chi connectivity index (χ0v) is 13.1. The summed E-state index contributed by atoms with van der Waals surface area (Å²) in [6.45, 7) is 8.88. The molecule has 2 aliphatic rings. The van der Waals surface area contributed by atoms with E-state index in [-0.39, 0.29) is 12.1 Å². The molecule has 2 saturated heterocycles. The number of rotatable bonds is 2. The molecule has 2 fully saturated rings. The van der Waals surface area contributed by atoms with Gasteiger partial charge in [-0.05, 0) is 39.3 Å². The Morgan fingerprint density at radius 2 is 1.20 bits per heavy atom. The van der Waals surface area contributed by atoms with Crippen LogP contribution in [0.2, 0.25) is 0 Å². The maximum atomic E-state index is 11.7. The molecule has 0 aliphatic carbocycles. The number of carbonyl (C=O) groups is 1. The first-order valence-corrected chi connectivity index (χ1v) is 7.12. The van der Waals surface area contributed by atoms with Crippen molar-refractivity contribution in [1.82, 2.24) is 4.90 Å². The lowest BCUT2D eigenvalue weighted by atomic mass is 10.1. The van der Waals surface area contributed by atoms with Crippen molar-refractivity contribution >= 4 is 17.0 Å². The van der Waals surface area contributed by atoms with Crippen LogP contribution in [0.15, 0.2) is 0 Å². The van der Waals surface area contributed by atoms with Gasteiger partial charge >= 0.3 is 5.37 Å². The average Bonchev–Trinajstić information content (AvgIpc) is 2.33. The quantitative estimate of drug-likeness (QED) is 0.576. The summed E-state index contributed by atoms with van der Waals surface area (Å²) in [5, 5.41) is -0.543. The zero-order chi connectivity index (χ0) is 15.0. The lowest BCUT2D eigenvalue weighted by Crippen LogP contribution is -2.59. The fourth-order valence-electron chi connectivity index (χ4n) is 2.27. The number of ether oxygens (including phenoxy) is 4. The second-order valence-electron chi connectivity index (χ2n) is 6.01. The lowest BCUT2D eigenvalue weighted by molar-refractivity contribution is -0.281. The maximum absolute atomic E-state index is 11.7. The van der Waals surface area contributed by atoms with E-state index in [4.69, 9.17) is 30.5 Å². The number of halogens is 1. The first kappa shape index (κ1) is 16.0. The molecule has 0 saturated carbocycles. The van der Waals surface area contributed by atoms with Crippen molar-refractivity contribution in [3.8, 4) is 0 Å². The van der Waals surface area contributed by atoms with Crippen molar-refractivity contribution in [3.63, 3.8) is 0 Å². The Balaban J connectivity index is 2.00. The molecule has 0 aromatic carbocycles. The van der Waals surface area contributed by atoms with Gasteiger partial charge in [-0.25, -0.2) is 0 Å². The molecule has 20 heavy (non-hydrogen) atoms. The molecule has 0 N–H and O–H groups in total. The van der Waals surface area contributed by atoms with Crippen LogP contribution in [0.5, 0.6) is 0 Å². The summed E-state index contributed by atoms with van der Waals surface area (Å²) < 4.78 is 22.3. The second kappa shape index (κ2) is 5.77. The van der Waals surface area contributed by atoms with E-state index in [1.165, 1.54) is 4.90 Å². The third-order valence-corrected chi connectivity index (χ3v) is 3.68. The smallest absolute Gasteiger partial charge is 0.317 e. The monoisotopic (exact) mass is 307 g/mol. The molecule has 0 atom stereocenters. The molecule has 0 spiro atoms. The number of carbonyl (C=O) groups excluding carboxylic acids is 1. The number of hydrogen-bond acceptors (Lipinski definition) is 5. The van der Waals surface area contributed by atoms with E-state index in [2.05, 4.69) is 0 Å². The minimum absolute atomic E-state index is 0.230. The molecule has 6 nitrogen and oxygen atoms in total. The predicted molar refractivity (Wildman–Crippen MR) is 72.6 cm³/mol. The summed E-state index contributed by atoms with van der Waals surface area (Å²) in [5.74, 6) is -1.25. The minimum atomic E-state index is -0.626. The molecule has 2 rings (SSSR count). The van der Waals surface area contributed by atoms with Crippen molar-refractivity contribution < 1.29 is 23.7 Å². The normalized spacial score (nSPS) is 27.2. The van der Waals surface area contributed by atoms with Crippen LogP contribution in [0.4, 0.5) is 4.79 Å². The average molecular weight is 308 g/mol. The summed E-state index contributed by atoms with van der Waals surface area (Å²) >= 11 is 5.72. The second-order valence-corrected chi connectivity index (χ2v) is 6.33. The molecule has 0 unspecified atom stereocenters. The molecular weight excluding hydrogens is 286 g/mol. The molecule has 1 amide bonds. The van der Waals surface area contributed by atoms with Crippen molar-refractivity contribution in [2.24, 2.45) is 0 Å². The van der Waals surface area contributed by atoms with E-state index in [9.17, 15) is 4.79 Å². The van der Waals surface area contributed by atoms with Gasteiger partial charge in [-0.2, -0.15) is 0 Å². The number of nitrogens with zero attached hydrogens (tertiary/aromatic N) is 1. The van der Waals surface area contributed by atoms with Crippen molar-refractivity contribution in [2.45, 2.75) is 51.4 Å². The lowest BCUT2D eigenvalue weighted by Gasteiger charge is -2.45. The van der Waals surface area contributed by atoms with Crippen LogP contribution >= 0.6 is 11.6 Å². The Kier molecular flexibility index (Phi) is 4.61. The van der Waals surface area contributed by atoms with E-state index in [1.807, 2.05) is 27.7 Å². The van der Waals surface area contributed by atoms with E-state index in [1.54, 1.807) is 0 Å². The predicted octanol–water partition coefficient (Wildman–Crippen LogP) is 1.95. The van der Waals surface area contributed by atoms with Crippen LogP contribution in [0.25, 0.3) is 0 Å². The van der Waals surface area contributed by atoms with Gasteiger partial charge in [0.25, 0.3) is 0 Å². The Hall–Kier alpha value is -0.400. The first-order chi connectivity index (χ1) is 9.20. The molecule has 0 aromatic rings.